The Hall–Kier alpha value is 0. The van der Waals surface area contributed by atoms with Crippen LogP contribution in [0.2, 0.25) is 0 Å². The zero-order valence-corrected chi connectivity index (χ0v) is 11.5. The summed E-state index contributed by atoms with van der Waals surface area (Å²) in [6, 6.07) is 0. The molecule has 2 unspecified atom stereocenters. The van der Waals surface area contributed by atoms with Crippen LogP contribution in [0.1, 0.15) is 85.5 Å². The van der Waals surface area contributed by atoms with Crippen LogP contribution in [-0.2, 0) is 0 Å². The van der Waals surface area contributed by atoms with Crippen molar-refractivity contribution in [2.75, 3.05) is 0 Å². The maximum absolute atomic E-state index is 2.47. The van der Waals surface area contributed by atoms with E-state index in [0.29, 0.717) is 0 Å². The summed E-state index contributed by atoms with van der Waals surface area (Å²) in [5.74, 6) is 1.97. The van der Waals surface area contributed by atoms with E-state index in [9.17, 15) is 0 Å². The summed E-state index contributed by atoms with van der Waals surface area (Å²) in [5.41, 5.74) is 0. The van der Waals surface area contributed by atoms with Gasteiger partial charge in [0.1, 0.15) is 0 Å². The normalized spacial score (nSPS) is 15.2. The molecule has 15 heavy (non-hydrogen) atoms. The highest BCUT2D eigenvalue weighted by Crippen LogP contribution is 2.27. The maximum atomic E-state index is 2.47. The van der Waals surface area contributed by atoms with Gasteiger partial charge in [0.15, 0.2) is 0 Å². The van der Waals surface area contributed by atoms with Gasteiger partial charge in [0.2, 0.25) is 0 Å². The van der Waals surface area contributed by atoms with Gasteiger partial charge in [-0.3, -0.25) is 0 Å². The summed E-state index contributed by atoms with van der Waals surface area (Å²) < 4.78 is 0. The van der Waals surface area contributed by atoms with Gasteiger partial charge in [-0.1, -0.05) is 85.5 Å². The van der Waals surface area contributed by atoms with Crippen LogP contribution in [0.25, 0.3) is 0 Å². The highest BCUT2D eigenvalue weighted by atomic mass is 14.2. The van der Waals surface area contributed by atoms with E-state index >= 15 is 0 Å². The second-order valence-corrected chi connectivity index (χ2v) is 5.16. The summed E-state index contributed by atoms with van der Waals surface area (Å²) >= 11 is 0. The molecular weight excluding hydrogens is 180 g/mol. The second kappa shape index (κ2) is 10.5. The number of unbranched alkanes of at least 4 members (excludes halogenated alkanes) is 3. The third-order valence-electron chi connectivity index (χ3n) is 3.66. The van der Waals surface area contributed by atoms with Crippen LogP contribution in [0.5, 0.6) is 0 Å². The second-order valence-electron chi connectivity index (χ2n) is 5.16. The van der Waals surface area contributed by atoms with Crippen LogP contribution in [0.3, 0.4) is 0 Å². The average molecular weight is 212 g/mol. The molecule has 0 spiro atoms. The van der Waals surface area contributed by atoms with Crippen molar-refractivity contribution in [1.82, 2.24) is 0 Å². The molecular formula is C15H32. The van der Waals surface area contributed by atoms with E-state index in [4.69, 9.17) is 0 Å². The average Bonchev–Trinajstić information content (AvgIpc) is 2.23. The Balaban J connectivity index is 3.81. The van der Waals surface area contributed by atoms with Crippen LogP contribution in [0.15, 0.2) is 0 Å². The van der Waals surface area contributed by atoms with Crippen LogP contribution in [-0.4, -0.2) is 0 Å². The molecule has 0 radical (unpaired) electrons. The van der Waals surface area contributed by atoms with Gasteiger partial charge in [-0.25, -0.2) is 0 Å². The minimum Gasteiger partial charge on any atom is -0.0654 e. The van der Waals surface area contributed by atoms with E-state index in [1.165, 1.54) is 57.8 Å². The molecule has 0 nitrogen and oxygen atoms in total. The quantitative estimate of drug-likeness (QED) is 0.401. The Morgan fingerprint density at radius 3 is 1.80 bits per heavy atom. The predicted molar refractivity (Wildman–Crippen MR) is 71.2 cm³/mol. The fourth-order valence-corrected chi connectivity index (χ4v) is 2.53. The zero-order valence-electron chi connectivity index (χ0n) is 11.5. The minimum atomic E-state index is 0.957. The zero-order chi connectivity index (χ0) is 11.5. The highest BCUT2D eigenvalue weighted by molar-refractivity contribution is 4.66. The molecule has 0 saturated heterocycles. The Morgan fingerprint density at radius 2 is 1.27 bits per heavy atom. The van der Waals surface area contributed by atoms with E-state index in [1.807, 2.05) is 0 Å². The topological polar surface area (TPSA) is 0 Å². The van der Waals surface area contributed by atoms with Crippen molar-refractivity contribution in [3.05, 3.63) is 0 Å². The van der Waals surface area contributed by atoms with E-state index < -0.39 is 0 Å². The van der Waals surface area contributed by atoms with Crippen molar-refractivity contribution in [2.45, 2.75) is 85.5 Å². The molecule has 0 aliphatic carbocycles. The first-order chi connectivity index (χ1) is 7.26. The Morgan fingerprint density at radius 1 is 0.667 bits per heavy atom. The summed E-state index contributed by atoms with van der Waals surface area (Å²) in [4.78, 5) is 0. The number of hydrogen-bond acceptors (Lipinski definition) is 0. The molecule has 0 aromatic heterocycles. The first-order valence-corrected chi connectivity index (χ1v) is 7.26. The molecule has 92 valence electrons. The van der Waals surface area contributed by atoms with Gasteiger partial charge in [-0.05, 0) is 11.8 Å². The van der Waals surface area contributed by atoms with Crippen molar-refractivity contribution in [2.24, 2.45) is 11.8 Å². The molecule has 0 heteroatoms. The lowest BCUT2D eigenvalue weighted by atomic mass is 9.83. The molecule has 2 atom stereocenters. The summed E-state index contributed by atoms with van der Waals surface area (Å²) in [7, 11) is 0. The van der Waals surface area contributed by atoms with E-state index in [2.05, 4.69) is 27.7 Å². The lowest BCUT2D eigenvalue weighted by molar-refractivity contribution is 0.282. The molecule has 0 heterocycles. The minimum absolute atomic E-state index is 0.957. The van der Waals surface area contributed by atoms with Gasteiger partial charge >= 0.3 is 0 Å². The van der Waals surface area contributed by atoms with Gasteiger partial charge in [0.25, 0.3) is 0 Å². The molecule has 0 saturated carbocycles. The molecule has 0 bridgehead atoms. The smallest absolute Gasteiger partial charge is 0.0388 e. The Labute approximate surface area is 97.8 Å². The fourth-order valence-electron chi connectivity index (χ4n) is 2.53. The van der Waals surface area contributed by atoms with Crippen molar-refractivity contribution in [3.8, 4) is 0 Å². The Bertz CT molecular complexity index is 117. The molecule has 0 N–H and O–H groups in total. The van der Waals surface area contributed by atoms with Crippen LogP contribution >= 0.6 is 0 Å². The predicted octanol–water partition coefficient (Wildman–Crippen LogP) is 5.81. The molecule has 0 fully saturated rings. The molecule has 0 aliphatic heterocycles. The van der Waals surface area contributed by atoms with Crippen LogP contribution < -0.4 is 0 Å². The van der Waals surface area contributed by atoms with Gasteiger partial charge in [0.05, 0.1) is 0 Å². The first-order valence-electron chi connectivity index (χ1n) is 7.26. The highest BCUT2D eigenvalue weighted by Gasteiger charge is 2.15. The summed E-state index contributed by atoms with van der Waals surface area (Å²) in [5, 5.41) is 0. The summed E-state index contributed by atoms with van der Waals surface area (Å²) in [6.07, 6.45) is 12.8. The van der Waals surface area contributed by atoms with Crippen molar-refractivity contribution in [1.29, 1.82) is 0 Å². The lowest BCUT2D eigenvalue weighted by Crippen LogP contribution is -2.12. The van der Waals surface area contributed by atoms with Gasteiger partial charge < -0.3 is 0 Å². The Kier molecular flexibility index (Phi) is 10.5. The van der Waals surface area contributed by atoms with E-state index in [0.717, 1.165) is 11.8 Å². The SMILES string of the molecule is CCCCCC(CCCC)C(C)CCC. The molecule has 0 aromatic rings. The van der Waals surface area contributed by atoms with Gasteiger partial charge in [-0.15, -0.1) is 0 Å². The standard InChI is InChI=1S/C15H32/c1-5-8-10-13-15(12-9-6-2)14(4)11-7-3/h14-15H,5-13H2,1-4H3. The lowest BCUT2D eigenvalue weighted by Gasteiger charge is -2.23. The summed E-state index contributed by atoms with van der Waals surface area (Å²) in [6.45, 7) is 9.40. The first kappa shape index (κ1) is 15.0. The van der Waals surface area contributed by atoms with Crippen LogP contribution in [0.4, 0.5) is 0 Å². The monoisotopic (exact) mass is 212 g/mol. The molecule has 0 aromatic carbocycles. The third-order valence-corrected chi connectivity index (χ3v) is 3.66. The van der Waals surface area contributed by atoms with E-state index in [1.54, 1.807) is 0 Å². The fraction of sp³-hybridized carbons (Fsp3) is 1.00. The third kappa shape index (κ3) is 7.88. The van der Waals surface area contributed by atoms with Crippen molar-refractivity contribution in [3.63, 3.8) is 0 Å². The van der Waals surface area contributed by atoms with Crippen LogP contribution in [0, 0.1) is 11.8 Å². The molecule has 0 amide bonds. The van der Waals surface area contributed by atoms with Gasteiger partial charge in [0, 0.05) is 0 Å². The van der Waals surface area contributed by atoms with Crippen molar-refractivity contribution >= 4 is 0 Å². The maximum Gasteiger partial charge on any atom is -0.0388 e. The van der Waals surface area contributed by atoms with E-state index in [-0.39, 0.29) is 0 Å². The van der Waals surface area contributed by atoms with Gasteiger partial charge in [-0.2, -0.15) is 0 Å². The van der Waals surface area contributed by atoms with Crippen molar-refractivity contribution < 1.29 is 0 Å². The number of hydrogen-bond donors (Lipinski definition) is 0. The largest absolute Gasteiger partial charge is 0.0654 e. The number of rotatable bonds is 10. The molecule has 0 aliphatic rings. The molecule has 0 rings (SSSR count).